The Balaban J connectivity index is 2.81. The van der Waals surface area contributed by atoms with Crippen LogP contribution in [0.1, 0.15) is 0 Å². The van der Waals surface area contributed by atoms with Crippen LogP contribution in [0.2, 0.25) is 0 Å². The molecule has 0 heterocycles. The average Bonchev–Trinajstić information content (AvgIpc) is 2.35. The fourth-order valence-corrected chi connectivity index (χ4v) is 2.09. The second-order valence-electron chi connectivity index (χ2n) is 3.88. The number of halogens is 1. The Morgan fingerprint density at radius 3 is 2.72 bits per heavy atom. The van der Waals surface area contributed by atoms with Gasteiger partial charge in [0.15, 0.2) is 0 Å². The molecule has 1 aromatic carbocycles. The Morgan fingerprint density at radius 2 is 2.28 bits per heavy atom. The summed E-state index contributed by atoms with van der Waals surface area (Å²) in [7, 11) is 5.09. The molecule has 1 aromatic rings. The molecule has 1 atom stereocenters. The van der Waals surface area contributed by atoms with Gasteiger partial charge in [0.25, 0.3) is 0 Å². The number of hydrogen-bond donors (Lipinski definition) is 2. The minimum Gasteiger partial charge on any atom is -0.496 e. The Hall–Kier alpha value is -1.27. The number of aliphatic carboxylic acids is 1. The highest BCUT2D eigenvalue weighted by Crippen LogP contribution is 2.29. The number of carboxylic acids is 1. The molecule has 0 aromatic heterocycles. The Labute approximate surface area is 115 Å². The van der Waals surface area contributed by atoms with Crippen molar-refractivity contribution in [2.45, 2.75) is 6.04 Å². The number of benzene rings is 1. The fourth-order valence-electron chi connectivity index (χ4n) is 1.56. The predicted octanol–water partition coefficient (Wildman–Crippen LogP) is 1.57. The van der Waals surface area contributed by atoms with Crippen molar-refractivity contribution in [3.8, 4) is 5.75 Å². The number of likely N-dealkylation sites (N-methyl/N-ethyl adjacent to an activating group) is 2. The summed E-state index contributed by atoms with van der Waals surface area (Å²) in [5.41, 5.74) is 0.921. The molecule has 0 amide bonds. The first-order valence-electron chi connectivity index (χ1n) is 5.44. The summed E-state index contributed by atoms with van der Waals surface area (Å²) in [6.45, 7) is 0.380. The first-order chi connectivity index (χ1) is 8.49. The largest absolute Gasteiger partial charge is 0.496 e. The van der Waals surface area contributed by atoms with Crippen LogP contribution in [0.15, 0.2) is 22.7 Å². The molecule has 0 saturated heterocycles. The first kappa shape index (κ1) is 14.8. The number of nitrogens with one attached hydrogen (secondary N) is 1. The summed E-state index contributed by atoms with van der Waals surface area (Å²) in [6.07, 6.45) is 0. The monoisotopic (exact) mass is 316 g/mol. The molecule has 0 saturated carbocycles. The van der Waals surface area contributed by atoms with Gasteiger partial charge >= 0.3 is 5.97 Å². The molecule has 1 rings (SSSR count). The molecule has 0 bridgehead atoms. The minimum atomic E-state index is -0.864. The average molecular weight is 317 g/mol. The quantitative estimate of drug-likeness (QED) is 0.834. The normalized spacial score (nSPS) is 12.0. The van der Waals surface area contributed by atoms with Gasteiger partial charge in [-0.3, -0.25) is 4.79 Å². The number of nitrogens with zero attached hydrogens (tertiary/aromatic N) is 1. The maximum Gasteiger partial charge on any atom is 0.322 e. The van der Waals surface area contributed by atoms with Crippen LogP contribution in [0.25, 0.3) is 0 Å². The second kappa shape index (κ2) is 6.61. The van der Waals surface area contributed by atoms with E-state index in [0.717, 1.165) is 15.9 Å². The molecule has 6 heteroatoms. The lowest BCUT2D eigenvalue weighted by Gasteiger charge is -2.23. The molecule has 0 aliphatic carbocycles. The van der Waals surface area contributed by atoms with Crippen LogP contribution >= 0.6 is 15.9 Å². The molecule has 0 aliphatic heterocycles. The van der Waals surface area contributed by atoms with E-state index in [1.165, 1.54) is 0 Å². The Bertz CT molecular complexity index is 426. The zero-order chi connectivity index (χ0) is 13.7. The molecule has 100 valence electrons. The van der Waals surface area contributed by atoms with Crippen molar-refractivity contribution in [2.24, 2.45) is 0 Å². The van der Waals surface area contributed by atoms with Gasteiger partial charge in [0.1, 0.15) is 11.8 Å². The van der Waals surface area contributed by atoms with E-state index in [0.29, 0.717) is 6.54 Å². The highest BCUT2D eigenvalue weighted by molar-refractivity contribution is 9.10. The Morgan fingerprint density at radius 1 is 1.61 bits per heavy atom. The molecular formula is C12H17BrN2O3. The van der Waals surface area contributed by atoms with Crippen LogP contribution in [0.4, 0.5) is 5.69 Å². The third kappa shape index (κ3) is 3.61. The lowest BCUT2D eigenvalue weighted by atomic mass is 10.2. The summed E-state index contributed by atoms with van der Waals surface area (Å²) < 4.78 is 5.99. The van der Waals surface area contributed by atoms with E-state index in [4.69, 9.17) is 9.84 Å². The maximum absolute atomic E-state index is 10.9. The van der Waals surface area contributed by atoms with Gasteiger partial charge in [0.05, 0.1) is 11.6 Å². The van der Waals surface area contributed by atoms with E-state index in [9.17, 15) is 4.79 Å². The van der Waals surface area contributed by atoms with Gasteiger partial charge in [-0.1, -0.05) is 0 Å². The number of rotatable bonds is 6. The van der Waals surface area contributed by atoms with Gasteiger partial charge in [-0.05, 0) is 41.2 Å². The van der Waals surface area contributed by atoms with Crippen molar-refractivity contribution >= 4 is 27.6 Å². The van der Waals surface area contributed by atoms with E-state index < -0.39 is 12.0 Å². The molecule has 5 nitrogen and oxygen atoms in total. The van der Waals surface area contributed by atoms with Crippen molar-refractivity contribution in [3.63, 3.8) is 0 Å². The van der Waals surface area contributed by atoms with Crippen LogP contribution in [-0.2, 0) is 4.79 Å². The van der Waals surface area contributed by atoms with Crippen molar-refractivity contribution in [2.75, 3.05) is 32.6 Å². The number of carboxylic acid groups (broad SMARTS) is 1. The van der Waals surface area contributed by atoms with E-state index in [1.807, 2.05) is 30.1 Å². The molecule has 0 fully saturated rings. The van der Waals surface area contributed by atoms with Gasteiger partial charge in [0.2, 0.25) is 0 Å². The number of anilines is 1. The highest BCUT2D eigenvalue weighted by Gasteiger charge is 2.17. The summed E-state index contributed by atoms with van der Waals surface area (Å²) in [6, 6.07) is 5.02. The van der Waals surface area contributed by atoms with Gasteiger partial charge in [-0.15, -0.1) is 0 Å². The minimum absolute atomic E-state index is 0.380. The van der Waals surface area contributed by atoms with E-state index >= 15 is 0 Å². The van der Waals surface area contributed by atoms with Crippen LogP contribution in [0.5, 0.6) is 5.75 Å². The van der Waals surface area contributed by atoms with Gasteiger partial charge < -0.3 is 20.1 Å². The smallest absolute Gasteiger partial charge is 0.322 e. The SMILES string of the molecule is CNC(CN(C)c1ccc(OC)c(Br)c1)C(=O)O. The summed E-state index contributed by atoms with van der Waals surface area (Å²) in [4.78, 5) is 12.8. The van der Waals surface area contributed by atoms with E-state index in [2.05, 4.69) is 21.2 Å². The van der Waals surface area contributed by atoms with Crippen LogP contribution in [0, 0.1) is 0 Å². The topological polar surface area (TPSA) is 61.8 Å². The molecule has 0 radical (unpaired) electrons. The number of carbonyl (C=O) groups is 1. The lowest BCUT2D eigenvalue weighted by molar-refractivity contribution is -0.139. The maximum atomic E-state index is 10.9. The predicted molar refractivity (Wildman–Crippen MR) is 74.4 cm³/mol. The summed E-state index contributed by atoms with van der Waals surface area (Å²) in [5.74, 6) is -0.118. The number of ether oxygens (including phenoxy) is 1. The van der Waals surface area contributed by atoms with Gasteiger partial charge in [0, 0.05) is 19.3 Å². The van der Waals surface area contributed by atoms with Crippen molar-refractivity contribution in [3.05, 3.63) is 22.7 Å². The molecule has 1 unspecified atom stereocenters. The third-order valence-electron chi connectivity index (χ3n) is 2.68. The van der Waals surface area contributed by atoms with Crippen molar-refractivity contribution in [1.29, 1.82) is 0 Å². The molecule has 0 spiro atoms. The zero-order valence-electron chi connectivity index (χ0n) is 10.6. The molecule has 18 heavy (non-hydrogen) atoms. The summed E-state index contributed by atoms with van der Waals surface area (Å²) >= 11 is 3.40. The molecule has 2 N–H and O–H groups in total. The Kier molecular flexibility index (Phi) is 5.43. The number of hydrogen-bond acceptors (Lipinski definition) is 4. The first-order valence-corrected chi connectivity index (χ1v) is 6.23. The van der Waals surface area contributed by atoms with Gasteiger partial charge in [-0.2, -0.15) is 0 Å². The van der Waals surface area contributed by atoms with E-state index in [-0.39, 0.29) is 0 Å². The zero-order valence-corrected chi connectivity index (χ0v) is 12.2. The van der Waals surface area contributed by atoms with Crippen LogP contribution < -0.4 is 15.0 Å². The van der Waals surface area contributed by atoms with Crippen molar-refractivity contribution in [1.82, 2.24) is 5.32 Å². The summed E-state index contributed by atoms with van der Waals surface area (Å²) in [5, 5.41) is 11.7. The third-order valence-corrected chi connectivity index (χ3v) is 3.30. The fraction of sp³-hybridized carbons (Fsp3) is 0.417. The molecule has 0 aliphatic rings. The standard InChI is InChI=1S/C12H17BrN2O3/c1-14-10(12(16)17)7-15(2)8-4-5-11(18-3)9(13)6-8/h4-6,10,14H,7H2,1-3H3,(H,16,17). The van der Waals surface area contributed by atoms with E-state index in [1.54, 1.807) is 14.2 Å². The molecular weight excluding hydrogens is 300 g/mol. The second-order valence-corrected chi connectivity index (χ2v) is 4.73. The lowest BCUT2D eigenvalue weighted by Crippen LogP contribution is -2.43. The van der Waals surface area contributed by atoms with Gasteiger partial charge in [-0.25, -0.2) is 0 Å². The van der Waals surface area contributed by atoms with Crippen LogP contribution in [-0.4, -0.2) is 44.9 Å². The van der Waals surface area contributed by atoms with Crippen molar-refractivity contribution < 1.29 is 14.6 Å². The number of methoxy groups -OCH3 is 1. The van der Waals surface area contributed by atoms with Crippen LogP contribution in [0.3, 0.4) is 0 Å². The highest BCUT2D eigenvalue weighted by atomic mass is 79.9.